The lowest BCUT2D eigenvalue weighted by molar-refractivity contribution is 0.125. The Balaban J connectivity index is 2.27. The first-order valence-corrected chi connectivity index (χ1v) is 7.90. The van der Waals surface area contributed by atoms with Gasteiger partial charge in [-0.1, -0.05) is 23.7 Å². The number of rotatable bonds is 7. The van der Waals surface area contributed by atoms with E-state index in [0.717, 1.165) is 36.0 Å². The first kappa shape index (κ1) is 17.0. The zero-order chi connectivity index (χ0) is 16.1. The van der Waals surface area contributed by atoms with Crippen molar-refractivity contribution >= 4 is 11.6 Å². The van der Waals surface area contributed by atoms with Crippen LogP contribution in [0, 0.1) is 0 Å². The fraction of sp³-hybridized carbons (Fsp3) is 0.471. The second-order valence-corrected chi connectivity index (χ2v) is 6.18. The Morgan fingerprint density at radius 1 is 1.36 bits per heavy atom. The highest BCUT2D eigenvalue weighted by Gasteiger charge is 2.16. The molecule has 4 nitrogen and oxygen atoms in total. The third-order valence-electron chi connectivity index (χ3n) is 3.69. The topological polar surface area (TPSA) is 30.3 Å². The average molecular weight is 322 g/mol. The van der Waals surface area contributed by atoms with Gasteiger partial charge in [-0.3, -0.25) is 9.58 Å². The Hall–Kier alpha value is -1.36. The molecule has 0 aliphatic heterocycles. The third kappa shape index (κ3) is 4.32. The molecular formula is C17H24ClN3O. The summed E-state index contributed by atoms with van der Waals surface area (Å²) in [4.78, 5) is 2.38. The van der Waals surface area contributed by atoms with Crippen molar-refractivity contribution < 1.29 is 4.74 Å². The second kappa shape index (κ2) is 7.77. The number of nitrogens with zero attached hydrogens (tertiary/aromatic N) is 3. The molecule has 0 aliphatic rings. The van der Waals surface area contributed by atoms with Crippen LogP contribution in [-0.4, -0.2) is 41.0 Å². The molecule has 1 aromatic heterocycles. The van der Waals surface area contributed by atoms with Gasteiger partial charge in [0, 0.05) is 55.6 Å². The molecule has 22 heavy (non-hydrogen) atoms. The van der Waals surface area contributed by atoms with Gasteiger partial charge >= 0.3 is 0 Å². The lowest BCUT2D eigenvalue weighted by Gasteiger charge is -2.26. The molecular weight excluding hydrogens is 298 g/mol. The van der Waals surface area contributed by atoms with Crippen molar-refractivity contribution in [2.75, 3.05) is 20.3 Å². The van der Waals surface area contributed by atoms with E-state index >= 15 is 0 Å². The monoisotopic (exact) mass is 321 g/mol. The van der Waals surface area contributed by atoms with Crippen LogP contribution in [0.5, 0.6) is 0 Å². The number of benzene rings is 1. The standard InChI is InChI=1S/C17H24ClN3O/c1-13(2)21(8-9-22-4)12-15-11-20(3)19-17(15)14-6-5-7-16(18)10-14/h5-7,10-11,13H,8-9,12H2,1-4H3. The Morgan fingerprint density at radius 3 is 2.77 bits per heavy atom. The van der Waals surface area contributed by atoms with Crippen LogP contribution in [0.4, 0.5) is 0 Å². The van der Waals surface area contributed by atoms with E-state index in [-0.39, 0.29) is 0 Å². The maximum atomic E-state index is 6.12. The lowest BCUT2D eigenvalue weighted by Crippen LogP contribution is -2.33. The number of halogens is 1. The average Bonchev–Trinajstić information content (AvgIpc) is 2.84. The second-order valence-electron chi connectivity index (χ2n) is 5.74. The van der Waals surface area contributed by atoms with Gasteiger partial charge in [-0.05, 0) is 26.0 Å². The summed E-state index contributed by atoms with van der Waals surface area (Å²) in [7, 11) is 3.69. The SMILES string of the molecule is COCCN(Cc1cn(C)nc1-c1cccc(Cl)c1)C(C)C. The first-order valence-electron chi connectivity index (χ1n) is 7.52. The van der Waals surface area contributed by atoms with Gasteiger partial charge in [-0.2, -0.15) is 5.10 Å². The van der Waals surface area contributed by atoms with Gasteiger partial charge in [0.2, 0.25) is 0 Å². The predicted molar refractivity (Wildman–Crippen MR) is 91.1 cm³/mol. The number of methoxy groups -OCH3 is 1. The largest absolute Gasteiger partial charge is 0.383 e. The van der Waals surface area contributed by atoms with Crippen LogP contribution in [0.25, 0.3) is 11.3 Å². The van der Waals surface area contributed by atoms with Crippen molar-refractivity contribution in [3.63, 3.8) is 0 Å². The van der Waals surface area contributed by atoms with E-state index in [4.69, 9.17) is 16.3 Å². The van der Waals surface area contributed by atoms with E-state index in [1.54, 1.807) is 7.11 Å². The minimum absolute atomic E-state index is 0.447. The summed E-state index contributed by atoms with van der Waals surface area (Å²) < 4.78 is 7.08. The van der Waals surface area contributed by atoms with E-state index < -0.39 is 0 Å². The van der Waals surface area contributed by atoms with Crippen molar-refractivity contribution in [3.05, 3.63) is 41.0 Å². The molecule has 0 spiro atoms. The molecule has 0 fully saturated rings. The summed E-state index contributed by atoms with van der Waals surface area (Å²) in [6, 6.07) is 8.30. The molecule has 0 bridgehead atoms. The van der Waals surface area contributed by atoms with E-state index in [9.17, 15) is 0 Å². The van der Waals surface area contributed by atoms with Crippen LogP contribution in [0.1, 0.15) is 19.4 Å². The maximum Gasteiger partial charge on any atom is 0.0968 e. The highest BCUT2D eigenvalue weighted by molar-refractivity contribution is 6.30. The van der Waals surface area contributed by atoms with Crippen molar-refractivity contribution in [2.45, 2.75) is 26.4 Å². The molecule has 0 atom stereocenters. The Labute approximate surface area is 137 Å². The predicted octanol–water partition coefficient (Wildman–Crippen LogP) is 3.60. The fourth-order valence-electron chi connectivity index (χ4n) is 2.48. The van der Waals surface area contributed by atoms with E-state index in [0.29, 0.717) is 6.04 Å². The van der Waals surface area contributed by atoms with Crippen LogP contribution in [0.3, 0.4) is 0 Å². The minimum atomic E-state index is 0.447. The molecule has 5 heteroatoms. The summed E-state index contributed by atoms with van der Waals surface area (Å²) >= 11 is 6.12. The van der Waals surface area contributed by atoms with Crippen LogP contribution < -0.4 is 0 Å². The zero-order valence-electron chi connectivity index (χ0n) is 13.7. The molecule has 1 heterocycles. The molecule has 0 unspecified atom stereocenters. The summed E-state index contributed by atoms with van der Waals surface area (Å²) in [5.41, 5.74) is 3.25. The molecule has 0 saturated heterocycles. The molecule has 0 amide bonds. The van der Waals surface area contributed by atoms with Gasteiger partial charge in [0.05, 0.1) is 12.3 Å². The Kier molecular flexibility index (Phi) is 6.00. The highest BCUT2D eigenvalue weighted by Crippen LogP contribution is 2.26. The van der Waals surface area contributed by atoms with Gasteiger partial charge in [0.15, 0.2) is 0 Å². The van der Waals surface area contributed by atoms with E-state index in [2.05, 4.69) is 30.0 Å². The molecule has 120 valence electrons. The molecule has 2 aromatic rings. The van der Waals surface area contributed by atoms with E-state index in [1.165, 1.54) is 5.56 Å². The van der Waals surface area contributed by atoms with Gasteiger partial charge in [0.25, 0.3) is 0 Å². The summed E-state index contributed by atoms with van der Waals surface area (Å²) in [6.45, 7) is 6.87. The van der Waals surface area contributed by atoms with Gasteiger partial charge < -0.3 is 4.74 Å². The summed E-state index contributed by atoms with van der Waals surface area (Å²) in [5, 5.41) is 5.35. The molecule has 2 rings (SSSR count). The minimum Gasteiger partial charge on any atom is -0.383 e. The fourth-order valence-corrected chi connectivity index (χ4v) is 2.67. The molecule has 0 aliphatic carbocycles. The van der Waals surface area contributed by atoms with E-state index in [1.807, 2.05) is 36.0 Å². The van der Waals surface area contributed by atoms with Crippen LogP contribution in [0.15, 0.2) is 30.5 Å². The first-order chi connectivity index (χ1) is 10.5. The summed E-state index contributed by atoms with van der Waals surface area (Å²) in [6.07, 6.45) is 2.08. The smallest absolute Gasteiger partial charge is 0.0968 e. The molecule has 0 radical (unpaired) electrons. The zero-order valence-corrected chi connectivity index (χ0v) is 14.5. The Bertz CT molecular complexity index is 610. The number of ether oxygens (including phenoxy) is 1. The van der Waals surface area contributed by atoms with Crippen molar-refractivity contribution in [1.82, 2.24) is 14.7 Å². The summed E-state index contributed by atoms with van der Waals surface area (Å²) in [5.74, 6) is 0. The normalized spacial score (nSPS) is 11.6. The van der Waals surface area contributed by atoms with Crippen molar-refractivity contribution in [3.8, 4) is 11.3 Å². The number of aryl methyl sites for hydroxylation is 1. The van der Waals surface area contributed by atoms with Crippen LogP contribution in [-0.2, 0) is 18.3 Å². The van der Waals surface area contributed by atoms with Gasteiger partial charge in [-0.25, -0.2) is 0 Å². The van der Waals surface area contributed by atoms with Gasteiger partial charge in [-0.15, -0.1) is 0 Å². The third-order valence-corrected chi connectivity index (χ3v) is 3.92. The molecule has 0 saturated carbocycles. The number of hydrogen-bond donors (Lipinski definition) is 0. The highest BCUT2D eigenvalue weighted by atomic mass is 35.5. The number of hydrogen-bond acceptors (Lipinski definition) is 3. The molecule has 1 aromatic carbocycles. The van der Waals surface area contributed by atoms with Crippen LogP contribution >= 0.6 is 11.6 Å². The Morgan fingerprint density at radius 2 is 2.14 bits per heavy atom. The van der Waals surface area contributed by atoms with Crippen molar-refractivity contribution in [1.29, 1.82) is 0 Å². The van der Waals surface area contributed by atoms with Gasteiger partial charge in [0.1, 0.15) is 0 Å². The quantitative estimate of drug-likeness (QED) is 0.780. The lowest BCUT2D eigenvalue weighted by atomic mass is 10.1. The number of aromatic nitrogens is 2. The van der Waals surface area contributed by atoms with Crippen LogP contribution in [0.2, 0.25) is 5.02 Å². The van der Waals surface area contributed by atoms with Crippen molar-refractivity contribution in [2.24, 2.45) is 7.05 Å². The molecule has 0 N–H and O–H groups in total. The maximum absolute atomic E-state index is 6.12.